The van der Waals surface area contributed by atoms with Crippen LogP contribution in [0.4, 0.5) is 5.69 Å². The van der Waals surface area contributed by atoms with Crippen LogP contribution in [-0.2, 0) is 6.54 Å². The molecule has 0 atom stereocenters. The Bertz CT molecular complexity index is 1040. The first-order valence-corrected chi connectivity index (χ1v) is 7.59. The van der Waals surface area contributed by atoms with Crippen LogP contribution in [0.5, 0.6) is 0 Å². The number of non-ortho nitro benzene ring substituents is 1. The summed E-state index contributed by atoms with van der Waals surface area (Å²) >= 11 is 0. The van der Waals surface area contributed by atoms with Gasteiger partial charge in [-0.25, -0.2) is 0 Å². The molecule has 0 aliphatic heterocycles. The molecule has 2 aromatic carbocycles. The van der Waals surface area contributed by atoms with Crippen molar-refractivity contribution in [3.63, 3.8) is 0 Å². The van der Waals surface area contributed by atoms with E-state index < -0.39 is 4.92 Å². The number of nitro benzene ring substituents is 1. The Morgan fingerprint density at radius 3 is 2.46 bits per heavy atom. The number of aromatic nitrogens is 6. The van der Waals surface area contributed by atoms with E-state index in [1.807, 2.05) is 30.3 Å². The predicted molar refractivity (Wildman–Crippen MR) is 88.7 cm³/mol. The summed E-state index contributed by atoms with van der Waals surface area (Å²) < 4.78 is 5.60. The van der Waals surface area contributed by atoms with Gasteiger partial charge < -0.3 is 4.42 Å². The first kappa shape index (κ1) is 15.6. The van der Waals surface area contributed by atoms with E-state index in [0.29, 0.717) is 23.2 Å². The lowest BCUT2D eigenvalue weighted by Gasteiger charge is -1.95. The van der Waals surface area contributed by atoms with Crippen LogP contribution < -0.4 is 0 Å². The Hall–Kier alpha value is -3.95. The number of nitrogens with zero attached hydrogens (tertiary/aromatic N) is 7. The van der Waals surface area contributed by atoms with Crippen molar-refractivity contribution in [2.24, 2.45) is 0 Å². The summed E-state index contributed by atoms with van der Waals surface area (Å²) in [6.07, 6.45) is 0. The second-order valence-corrected chi connectivity index (χ2v) is 5.31. The van der Waals surface area contributed by atoms with Gasteiger partial charge in [0.2, 0.25) is 17.6 Å². The van der Waals surface area contributed by atoms with Gasteiger partial charge in [0.1, 0.15) is 6.54 Å². The predicted octanol–water partition coefficient (Wildman–Crippen LogP) is 2.35. The molecule has 10 nitrogen and oxygen atoms in total. The molecule has 2 heterocycles. The van der Waals surface area contributed by atoms with Crippen molar-refractivity contribution in [2.45, 2.75) is 6.54 Å². The first-order chi connectivity index (χ1) is 12.7. The van der Waals surface area contributed by atoms with Gasteiger partial charge in [-0.05, 0) is 29.5 Å². The minimum absolute atomic E-state index is 0.000410. The number of hydrogen-bond acceptors (Lipinski definition) is 8. The normalized spacial score (nSPS) is 10.8. The molecule has 10 heteroatoms. The number of benzene rings is 2. The van der Waals surface area contributed by atoms with Crippen LogP contribution in [0.1, 0.15) is 5.89 Å². The van der Waals surface area contributed by atoms with Crippen molar-refractivity contribution < 1.29 is 9.34 Å². The van der Waals surface area contributed by atoms with Gasteiger partial charge in [-0.15, -0.1) is 20.4 Å². The monoisotopic (exact) mass is 349 g/mol. The van der Waals surface area contributed by atoms with E-state index in [-0.39, 0.29) is 12.2 Å². The van der Waals surface area contributed by atoms with Crippen molar-refractivity contribution in [1.82, 2.24) is 30.4 Å². The van der Waals surface area contributed by atoms with Crippen LogP contribution in [0.25, 0.3) is 22.8 Å². The highest BCUT2D eigenvalue weighted by Gasteiger charge is 2.13. The third-order valence-corrected chi connectivity index (χ3v) is 3.55. The number of nitro groups is 1. The molecular formula is C16H11N7O3. The largest absolute Gasteiger partial charge is 0.419 e. The van der Waals surface area contributed by atoms with Crippen molar-refractivity contribution >= 4 is 5.69 Å². The van der Waals surface area contributed by atoms with Crippen LogP contribution in [0.3, 0.4) is 0 Å². The van der Waals surface area contributed by atoms with Crippen molar-refractivity contribution in [3.8, 4) is 22.8 Å². The summed E-state index contributed by atoms with van der Waals surface area (Å²) in [6, 6.07) is 15.3. The van der Waals surface area contributed by atoms with E-state index >= 15 is 0 Å². The van der Waals surface area contributed by atoms with Crippen LogP contribution in [-0.4, -0.2) is 35.3 Å². The lowest BCUT2D eigenvalue weighted by atomic mass is 10.2. The average molecular weight is 349 g/mol. The van der Waals surface area contributed by atoms with Gasteiger partial charge in [0.25, 0.3) is 5.69 Å². The number of rotatable bonds is 5. The third kappa shape index (κ3) is 3.15. The molecule has 128 valence electrons. The Labute approximate surface area is 146 Å². The Balaban J connectivity index is 1.50. The Morgan fingerprint density at radius 2 is 1.73 bits per heavy atom. The van der Waals surface area contributed by atoms with E-state index in [2.05, 4.69) is 25.6 Å². The zero-order chi connectivity index (χ0) is 17.9. The summed E-state index contributed by atoms with van der Waals surface area (Å²) in [6.45, 7) is 0.166. The SMILES string of the molecule is O=[N+]([O-])c1ccc(-c2nnn(Cc3nnc(-c4ccccc4)o3)n2)cc1. The quantitative estimate of drug-likeness (QED) is 0.397. The number of hydrogen-bond donors (Lipinski definition) is 0. The molecule has 26 heavy (non-hydrogen) atoms. The highest BCUT2D eigenvalue weighted by Crippen LogP contribution is 2.19. The highest BCUT2D eigenvalue weighted by atomic mass is 16.6. The zero-order valence-corrected chi connectivity index (χ0v) is 13.3. The Morgan fingerprint density at radius 1 is 0.962 bits per heavy atom. The summed E-state index contributed by atoms with van der Waals surface area (Å²) in [4.78, 5) is 11.5. The summed E-state index contributed by atoms with van der Waals surface area (Å²) in [7, 11) is 0. The van der Waals surface area contributed by atoms with E-state index in [1.165, 1.54) is 16.9 Å². The van der Waals surface area contributed by atoms with Gasteiger partial charge in [0, 0.05) is 23.3 Å². The highest BCUT2D eigenvalue weighted by molar-refractivity contribution is 5.56. The molecule has 0 aliphatic rings. The first-order valence-electron chi connectivity index (χ1n) is 7.59. The van der Waals surface area contributed by atoms with Crippen LogP contribution >= 0.6 is 0 Å². The van der Waals surface area contributed by atoms with E-state index in [4.69, 9.17) is 4.42 Å². The topological polar surface area (TPSA) is 126 Å². The fourth-order valence-electron chi connectivity index (χ4n) is 2.29. The summed E-state index contributed by atoms with van der Waals surface area (Å²) in [5, 5.41) is 30.8. The second-order valence-electron chi connectivity index (χ2n) is 5.31. The fraction of sp³-hybridized carbons (Fsp3) is 0.0625. The van der Waals surface area contributed by atoms with Gasteiger partial charge in [0.15, 0.2) is 0 Å². The molecular weight excluding hydrogens is 338 g/mol. The maximum absolute atomic E-state index is 10.7. The van der Waals surface area contributed by atoms with E-state index in [0.717, 1.165) is 5.56 Å². The van der Waals surface area contributed by atoms with Crippen molar-refractivity contribution in [1.29, 1.82) is 0 Å². The number of tetrazole rings is 1. The second kappa shape index (κ2) is 6.51. The molecule has 0 unspecified atom stereocenters. The molecule has 0 spiro atoms. The molecule has 0 saturated carbocycles. The van der Waals surface area contributed by atoms with Gasteiger partial charge in [-0.3, -0.25) is 10.1 Å². The molecule has 0 N–H and O–H groups in total. The molecule has 2 aromatic heterocycles. The maximum Gasteiger partial charge on any atom is 0.269 e. The lowest BCUT2D eigenvalue weighted by molar-refractivity contribution is -0.384. The lowest BCUT2D eigenvalue weighted by Crippen LogP contribution is -2.04. The van der Waals surface area contributed by atoms with E-state index in [1.54, 1.807) is 12.1 Å². The molecule has 0 aliphatic carbocycles. The van der Waals surface area contributed by atoms with Gasteiger partial charge in [-0.2, -0.15) is 4.80 Å². The molecule has 4 aromatic rings. The third-order valence-electron chi connectivity index (χ3n) is 3.55. The molecule has 0 fully saturated rings. The van der Waals surface area contributed by atoms with E-state index in [9.17, 15) is 10.1 Å². The fourth-order valence-corrected chi connectivity index (χ4v) is 2.29. The van der Waals surface area contributed by atoms with Crippen molar-refractivity contribution in [3.05, 3.63) is 70.6 Å². The molecule has 0 bridgehead atoms. The smallest absolute Gasteiger partial charge is 0.269 e. The van der Waals surface area contributed by atoms with Crippen LogP contribution in [0.2, 0.25) is 0 Å². The summed E-state index contributed by atoms with van der Waals surface area (Å²) in [5.41, 5.74) is 1.45. The van der Waals surface area contributed by atoms with Gasteiger partial charge >= 0.3 is 0 Å². The molecule has 0 amide bonds. The van der Waals surface area contributed by atoms with Crippen LogP contribution in [0, 0.1) is 10.1 Å². The minimum atomic E-state index is -0.464. The average Bonchev–Trinajstić information content (AvgIpc) is 3.33. The Kier molecular flexibility index (Phi) is 3.90. The zero-order valence-electron chi connectivity index (χ0n) is 13.3. The van der Waals surface area contributed by atoms with Crippen LogP contribution in [0.15, 0.2) is 59.0 Å². The molecule has 0 saturated heterocycles. The molecule has 4 rings (SSSR count). The standard InChI is InChI=1S/C16H11N7O3/c24-23(25)13-8-6-11(7-9-13)15-18-21-22(20-15)10-14-17-19-16(26-14)12-4-2-1-3-5-12/h1-9H,10H2. The maximum atomic E-state index is 10.7. The van der Waals surface area contributed by atoms with Gasteiger partial charge in [0.05, 0.1) is 4.92 Å². The summed E-state index contributed by atoms with van der Waals surface area (Å²) in [5.74, 6) is 1.11. The molecule has 0 radical (unpaired) electrons. The minimum Gasteiger partial charge on any atom is -0.419 e. The van der Waals surface area contributed by atoms with Gasteiger partial charge in [-0.1, -0.05) is 18.2 Å². The van der Waals surface area contributed by atoms with Crippen molar-refractivity contribution in [2.75, 3.05) is 0 Å².